The molecule has 1 heterocycles. The SMILES string of the molecule is CCC(OC)C(N)Cc1c[nH]c2ccccc12. The topological polar surface area (TPSA) is 51.0 Å². The predicted molar refractivity (Wildman–Crippen MR) is 71.1 cm³/mol. The van der Waals surface area contributed by atoms with E-state index in [0.717, 1.165) is 12.8 Å². The van der Waals surface area contributed by atoms with Crippen LogP contribution in [0.2, 0.25) is 0 Å². The van der Waals surface area contributed by atoms with Gasteiger partial charge in [0.2, 0.25) is 0 Å². The van der Waals surface area contributed by atoms with E-state index >= 15 is 0 Å². The van der Waals surface area contributed by atoms with E-state index in [2.05, 4.69) is 30.1 Å². The van der Waals surface area contributed by atoms with Crippen LogP contribution in [0.25, 0.3) is 10.9 Å². The molecule has 0 bridgehead atoms. The molecule has 0 aliphatic rings. The van der Waals surface area contributed by atoms with E-state index in [1.54, 1.807) is 7.11 Å². The fourth-order valence-corrected chi connectivity index (χ4v) is 2.33. The van der Waals surface area contributed by atoms with E-state index in [1.807, 2.05) is 12.3 Å². The van der Waals surface area contributed by atoms with E-state index in [4.69, 9.17) is 10.5 Å². The lowest BCUT2D eigenvalue weighted by molar-refractivity contribution is 0.0774. The van der Waals surface area contributed by atoms with Crippen LogP contribution in [0.15, 0.2) is 30.5 Å². The maximum absolute atomic E-state index is 6.18. The Hall–Kier alpha value is -1.32. The lowest BCUT2D eigenvalue weighted by atomic mass is 10.00. The monoisotopic (exact) mass is 232 g/mol. The third-order valence-corrected chi connectivity index (χ3v) is 3.31. The highest BCUT2D eigenvalue weighted by Crippen LogP contribution is 2.20. The van der Waals surface area contributed by atoms with E-state index in [0.29, 0.717) is 0 Å². The lowest BCUT2D eigenvalue weighted by Crippen LogP contribution is -2.37. The summed E-state index contributed by atoms with van der Waals surface area (Å²) in [5.41, 5.74) is 8.62. The average Bonchev–Trinajstić information content (AvgIpc) is 2.74. The average molecular weight is 232 g/mol. The molecule has 3 N–H and O–H groups in total. The standard InChI is InChI=1S/C14H20N2O/c1-3-14(17-2)12(15)8-10-9-16-13-7-5-4-6-11(10)13/h4-7,9,12,14,16H,3,8,15H2,1-2H3. The van der Waals surface area contributed by atoms with Crippen molar-refractivity contribution in [1.82, 2.24) is 4.98 Å². The van der Waals surface area contributed by atoms with E-state index in [9.17, 15) is 0 Å². The Morgan fingerprint density at radius 1 is 1.35 bits per heavy atom. The Morgan fingerprint density at radius 2 is 2.12 bits per heavy atom. The van der Waals surface area contributed by atoms with Gasteiger partial charge in [0.15, 0.2) is 0 Å². The summed E-state index contributed by atoms with van der Waals surface area (Å²) in [6.45, 7) is 2.10. The molecule has 2 unspecified atom stereocenters. The molecule has 0 aliphatic carbocycles. The van der Waals surface area contributed by atoms with Crippen LogP contribution in [0.1, 0.15) is 18.9 Å². The fourth-order valence-electron chi connectivity index (χ4n) is 2.33. The minimum atomic E-state index is 0.0456. The van der Waals surface area contributed by atoms with Crippen molar-refractivity contribution in [2.24, 2.45) is 5.73 Å². The minimum absolute atomic E-state index is 0.0456. The highest BCUT2D eigenvalue weighted by molar-refractivity contribution is 5.83. The number of nitrogens with two attached hydrogens (primary N) is 1. The maximum atomic E-state index is 6.18. The molecular formula is C14H20N2O. The molecule has 0 amide bonds. The highest BCUT2D eigenvalue weighted by atomic mass is 16.5. The summed E-state index contributed by atoms with van der Waals surface area (Å²) in [5, 5.41) is 1.26. The van der Waals surface area contributed by atoms with E-state index in [-0.39, 0.29) is 12.1 Å². The van der Waals surface area contributed by atoms with Crippen LogP contribution < -0.4 is 5.73 Å². The van der Waals surface area contributed by atoms with Crippen LogP contribution in [-0.4, -0.2) is 24.2 Å². The third kappa shape index (κ3) is 2.51. The number of ether oxygens (including phenoxy) is 1. The van der Waals surface area contributed by atoms with Crippen molar-refractivity contribution in [3.63, 3.8) is 0 Å². The van der Waals surface area contributed by atoms with Gasteiger partial charge in [0, 0.05) is 30.3 Å². The summed E-state index contributed by atoms with van der Waals surface area (Å²) in [6.07, 6.45) is 3.96. The first kappa shape index (κ1) is 12.1. The number of nitrogens with one attached hydrogen (secondary N) is 1. The first-order valence-electron chi connectivity index (χ1n) is 6.09. The van der Waals surface area contributed by atoms with Crippen LogP contribution in [0.4, 0.5) is 0 Å². The van der Waals surface area contributed by atoms with Gasteiger partial charge in [0.1, 0.15) is 0 Å². The summed E-state index contributed by atoms with van der Waals surface area (Å²) < 4.78 is 5.39. The Bertz CT molecular complexity index is 474. The van der Waals surface area contributed by atoms with Gasteiger partial charge in [-0.05, 0) is 24.5 Å². The molecule has 0 fully saturated rings. The highest BCUT2D eigenvalue weighted by Gasteiger charge is 2.17. The number of para-hydroxylation sites is 1. The van der Waals surface area contributed by atoms with Crippen LogP contribution in [-0.2, 0) is 11.2 Å². The molecule has 0 saturated carbocycles. The third-order valence-electron chi connectivity index (χ3n) is 3.31. The first-order chi connectivity index (χ1) is 8.26. The molecule has 2 rings (SSSR count). The number of fused-ring (bicyclic) bond motifs is 1. The zero-order valence-corrected chi connectivity index (χ0v) is 10.4. The molecule has 0 radical (unpaired) electrons. The molecule has 17 heavy (non-hydrogen) atoms. The van der Waals surface area contributed by atoms with Gasteiger partial charge in [-0.1, -0.05) is 25.1 Å². The Balaban J connectivity index is 2.18. The zero-order valence-electron chi connectivity index (χ0n) is 10.4. The summed E-state index contributed by atoms with van der Waals surface area (Å²) >= 11 is 0. The number of rotatable bonds is 5. The van der Waals surface area contributed by atoms with Crippen molar-refractivity contribution >= 4 is 10.9 Å². The summed E-state index contributed by atoms with van der Waals surface area (Å²) in [6, 6.07) is 8.34. The molecule has 3 heteroatoms. The minimum Gasteiger partial charge on any atom is -0.380 e. The number of hydrogen-bond donors (Lipinski definition) is 2. The van der Waals surface area contributed by atoms with Crippen LogP contribution in [0.3, 0.4) is 0 Å². The Kier molecular flexibility index (Phi) is 3.82. The molecule has 1 aromatic heterocycles. The Morgan fingerprint density at radius 3 is 2.82 bits per heavy atom. The molecule has 0 aliphatic heterocycles. The predicted octanol–water partition coefficient (Wildman–Crippen LogP) is 2.46. The Labute approximate surface area is 102 Å². The van der Waals surface area contributed by atoms with Crippen molar-refractivity contribution in [2.75, 3.05) is 7.11 Å². The molecule has 92 valence electrons. The molecule has 1 aromatic carbocycles. The largest absolute Gasteiger partial charge is 0.380 e. The second-order valence-electron chi connectivity index (χ2n) is 4.41. The zero-order chi connectivity index (χ0) is 12.3. The van der Waals surface area contributed by atoms with Gasteiger partial charge in [-0.15, -0.1) is 0 Å². The maximum Gasteiger partial charge on any atom is 0.0722 e. The smallest absolute Gasteiger partial charge is 0.0722 e. The number of aromatic nitrogens is 1. The molecule has 2 aromatic rings. The van der Waals surface area contributed by atoms with Crippen LogP contribution >= 0.6 is 0 Å². The van der Waals surface area contributed by atoms with Gasteiger partial charge in [0.25, 0.3) is 0 Å². The second kappa shape index (κ2) is 5.34. The number of benzene rings is 1. The number of H-pyrrole nitrogens is 1. The second-order valence-corrected chi connectivity index (χ2v) is 4.41. The number of methoxy groups -OCH3 is 1. The summed E-state index contributed by atoms with van der Waals surface area (Å²) in [7, 11) is 1.73. The molecule has 3 nitrogen and oxygen atoms in total. The van der Waals surface area contributed by atoms with Crippen molar-refractivity contribution in [2.45, 2.75) is 31.9 Å². The van der Waals surface area contributed by atoms with Crippen LogP contribution in [0, 0.1) is 0 Å². The fraction of sp³-hybridized carbons (Fsp3) is 0.429. The van der Waals surface area contributed by atoms with Crippen molar-refractivity contribution in [3.05, 3.63) is 36.0 Å². The quantitative estimate of drug-likeness (QED) is 0.832. The van der Waals surface area contributed by atoms with Gasteiger partial charge in [-0.25, -0.2) is 0 Å². The van der Waals surface area contributed by atoms with Crippen molar-refractivity contribution in [1.29, 1.82) is 0 Å². The normalized spacial score (nSPS) is 15.0. The first-order valence-corrected chi connectivity index (χ1v) is 6.09. The van der Waals surface area contributed by atoms with Gasteiger partial charge in [-0.2, -0.15) is 0 Å². The lowest BCUT2D eigenvalue weighted by Gasteiger charge is -2.20. The van der Waals surface area contributed by atoms with Gasteiger partial charge < -0.3 is 15.5 Å². The van der Waals surface area contributed by atoms with Crippen molar-refractivity contribution in [3.8, 4) is 0 Å². The number of hydrogen-bond acceptors (Lipinski definition) is 2. The van der Waals surface area contributed by atoms with Gasteiger partial charge >= 0.3 is 0 Å². The van der Waals surface area contributed by atoms with Crippen LogP contribution in [0.5, 0.6) is 0 Å². The molecule has 2 atom stereocenters. The molecule has 0 spiro atoms. The molecule has 0 saturated heterocycles. The number of aromatic amines is 1. The van der Waals surface area contributed by atoms with Gasteiger partial charge in [-0.3, -0.25) is 0 Å². The summed E-state index contributed by atoms with van der Waals surface area (Å²) in [4.78, 5) is 3.27. The van der Waals surface area contributed by atoms with E-state index < -0.39 is 0 Å². The van der Waals surface area contributed by atoms with Crippen molar-refractivity contribution < 1.29 is 4.74 Å². The van der Waals surface area contributed by atoms with Gasteiger partial charge in [0.05, 0.1) is 6.10 Å². The van der Waals surface area contributed by atoms with E-state index in [1.165, 1.54) is 16.5 Å². The summed E-state index contributed by atoms with van der Waals surface area (Å²) in [5.74, 6) is 0. The molecular weight excluding hydrogens is 212 g/mol.